The summed E-state index contributed by atoms with van der Waals surface area (Å²) in [5, 5.41) is 2.73. The fourth-order valence-electron chi connectivity index (χ4n) is 3.77. The van der Waals surface area contributed by atoms with Gasteiger partial charge in [0.2, 0.25) is 0 Å². The number of aromatic nitrogens is 2. The molecule has 30 heavy (non-hydrogen) atoms. The van der Waals surface area contributed by atoms with Crippen LogP contribution in [0.25, 0.3) is 32.5 Å². The highest BCUT2D eigenvalue weighted by atomic mass is 32.1. The Hall–Kier alpha value is -3.50. The maximum Gasteiger partial charge on any atom is 0.263 e. The highest BCUT2D eigenvalue weighted by molar-refractivity contribution is 7.17. The SMILES string of the molecule is Cc1cccc(Cn2cnc3scc(-c4ccc(-c5ccccc5)cc4)c3c2=O)c1. The molecular formula is C26H20N2OS. The van der Waals surface area contributed by atoms with E-state index in [1.54, 1.807) is 10.9 Å². The number of hydrogen-bond donors (Lipinski definition) is 0. The minimum absolute atomic E-state index is 0.00453. The molecule has 0 unspecified atom stereocenters. The number of benzene rings is 3. The van der Waals surface area contributed by atoms with Gasteiger partial charge < -0.3 is 0 Å². The average molecular weight is 409 g/mol. The molecule has 0 fully saturated rings. The summed E-state index contributed by atoms with van der Waals surface area (Å²) in [5.74, 6) is 0. The van der Waals surface area contributed by atoms with Gasteiger partial charge in [0.05, 0.1) is 18.3 Å². The third-order valence-electron chi connectivity index (χ3n) is 5.30. The Kier molecular flexibility index (Phi) is 4.77. The molecule has 2 heterocycles. The summed E-state index contributed by atoms with van der Waals surface area (Å²) in [6, 6.07) is 26.9. The van der Waals surface area contributed by atoms with Crippen molar-refractivity contribution in [2.75, 3.05) is 0 Å². The van der Waals surface area contributed by atoms with Gasteiger partial charge in [-0.25, -0.2) is 4.98 Å². The second-order valence-corrected chi connectivity index (χ2v) is 8.30. The van der Waals surface area contributed by atoms with E-state index < -0.39 is 0 Å². The summed E-state index contributed by atoms with van der Waals surface area (Å²) in [4.78, 5) is 18.6. The normalized spacial score (nSPS) is 11.1. The monoisotopic (exact) mass is 408 g/mol. The van der Waals surface area contributed by atoms with Crippen LogP contribution < -0.4 is 5.56 Å². The van der Waals surface area contributed by atoms with Crippen molar-refractivity contribution < 1.29 is 0 Å². The van der Waals surface area contributed by atoms with Crippen LogP contribution in [0.15, 0.2) is 95.4 Å². The number of aryl methyl sites for hydroxylation is 1. The first-order valence-electron chi connectivity index (χ1n) is 9.87. The van der Waals surface area contributed by atoms with Crippen molar-refractivity contribution in [1.82, 2.24) is 9.55 Å². The van der Waals surface area contributed by atoms with Crippen molar-refractivity contribution in [2.24, 2.45) is 0 Å². The van der Waals surface area contributed by atoms with Crippen molar-refractivity contribution >= 4 is 21.6 Å². The van der Waals surface area contributed by atoms with Gasteiger partial charge in [0.25, 0.3) is 5.56 Å². The van der Waals surface area contributed by atoms with E-state index in [0.717, 1.165) is 27.1 Å². The number of thiophene rings is 1. The molecule has 0 saturated heterocycles. The molecule has 0 aliphatic carbocycles. The summed E-state index contributed by atoms with van der Waals surface area (Å²) < 4.78 is 1.70. The molecule has 0 saturated carbocycles. The summed E-state index contributed by atoms with van der Waals surface area (Å²) >= 11 is 1.52. The van der Waals surface area contributed by atoms with Gasteiger partial charge in [0, 0.05) is 10.9 Å². The Labute approximate surface area is 178 Å². The van der Waals surface area contributed by atoms with Crippen LogP contribution in [0.3, 0.4) is 0 Å². The quantitative estimate of drug-likeness (QED) is 0.357. The summed E-state index contributed by atoms with van der Waals surface area (Å²) in [6.45, 7) is 2.58. The van der Waals surface area contributed by atoms with E-state index in [0.29, 0.717) is 11.9 Å². The van der Waals surface area contributed by atoms with Gasteiger partial charge in [-0.3, -0.25) is 9.36 Å². The Morgan fingerprint density at radius 3 is 2.37 bits per heavy atom. The second-order valence-electron chi connectivity index (χ2n) is 7.44. The van der Waals surface area contributed by atoms with Crippen LogP contribution in [-0.4, -0.2) is 9.55 Å². The van der Waals surface area contributed by atoms with Gasteiger partial charge in [-0.05, 0) is 29.2 Å². The molecule has 0 aliphatic rings. The summed E-state index contributed by atoms with van der Waals surface area (Å²) in [7, 11) is 0. The minimum atomic E-state index is 0.00453. The molecule has 4 heteroatoms. The molecule has 2 aromatic heterocycles. The molecule has 0 amide bonds. The smallest absolute Gasteiger partial charge is 0.263 e. The molecule has 5 rings (SSSR count). The predicted molar refractivity (Wildman–Crippen MR) is 125 cm³/mol. The zero-order valence-corrected chi connectivity index (χ0v) is 17.4. The lowest BCUT2D eigenvalue weighted by Gasteiger charge is -2.08. The summed E-state index contributed by atoms with van der Waals surface area (Å²) in [6.07, 6.45) is 1.66. The van der Waals surface area contributed by atoms with E-state index in [9.17, 15) is 4.79 Å². The lowest BCUT2D eigenvalue weighted by molar-refractivity contribution is 0.749. The summed E-state index contributed by atoms with van der Waals surface area (Å²) in [5.41, 5.74) is 6.62. The van der Waals surface area contributed by atoms with E-state index in [1.165, 1.54) is 22.5 Å². The molecule has 0 radical (unpaired) electrons. The predicted octanol–water partition coefficient (Wildman–Crippen LogP) is 6.15. The van der Waals surface area contributed by atoms with Crippen molar-refractivity contribution in [3.05, 3.63) is 112 Å². The lowest BCUT2D eigenvalue weighted by atomic mass is 10.0. The zero-order chi connectivity index (χ0) is 20.5. The molecule has 3 nitrogen and oxygen atoms in total. The molecule has 0 atom stereocenters. The van der Waals surface area contributed by atoms with E-state index in [-0.39, 0.29) is 5.56 Å². The first-order valence-corrected chi connectivity index (χ1v) is 10.7. The topological polar surface area (TPSA) is 34.9 Å². The van der Waals surface area contributed by atoms with Gasteiger partial charge in [0.1, 0.15) is 4.83 Å². The maximum atomic E-state index is 13.3. The highest BCUT2D eigenvalue weighted by Crippen LogP contribution is 2.32. The van der Waals surface area contributed by atoms with Gasteiger partial charge >= 0.3 is 0 Å². The van der Waals surface area contributed by atoms with Crippen LogP contribution in [0.2, 0.25) is 0 Å². The largest absolute Gasteiger partial charge is 0.294 e. The van der Waals surface area contributed by atoms with E-state index >= 15 is 0 Å². The Morgan fingerprint density at radius 1 is 0.867 bits per heavy atom. The second kappa shape index (κ2) is 7.73. The lowest BCUT2D eigenvalue weighted by Crippen LogP contribution is -2.21. The minimum Gasteiger partial charge on any atom is -0.294 e. The van der Waals surface area contributed by atoms with Crippen LogP contribution in [0.5, 0.6) is 0 Å². The molecular weight excluding hydrogens is 388 g/mol. The maximum absolute atomic E-state index is 13.3. The van der Waals surface area contributed by atoms with Gasteiger partial charge in [0.15, 0.2) is 0 Å². The van der Waals surface area contributed by atoms with Gasteiger partial charge in [-0.2, -0.15) is 0 Å². The van der Waals surface area contributed by atoms with Crippen LogP contribution in [0, 0.1) is 6.92 Å². The third-order valence-corrected chi connectivity index (χ3v) is 6.19. The standard InChI is InChI=1S/C26H20N2OS/c1-18-6-5-7-19(14-18)15-28-17-27-25-24(26(28)29)23(16-30-25)22-12-10-21(11-13-22)20-8-3-2-4-9-20/h2-14,16-17H,15H2,1H3. The van der Waals surface area contributed by atoms with Crippen LogP contribution in [0.1, 0.15) is 11.1 Å². The first-order chi connectivity index (χ1) is 14.7. The van der Waals surface area contributed by atoms with E-state index in [4.69, 9.17) is 0 Å². The first kappa shape index (κ1) is 18.5. The number of nitrogens with zero attached hydrogens (tertiary/aromatic N) is 2. The molecule has 0 spiro atoms. The van der Waals surface area contributed by atoms with Crippen molar-refractivity contribution in [3.8, 4) is 22.3 Å². The molecule has 0 bridgehead atoms. The Morgan fingerprint density at radius 2 is 1.60 bits per heavy atom. The third kappa shape index (κ3) is 3.46. The van der Waals surface area contributed by atoms with E-state index in [2.05, 4.69) is 60.4 Å². The van der Waals surface area contributed by atoms with Gasteiger partial charge in [-0.1, -0.05) is 84.4 Å². The number of rotatable bonds is 4. The van der Waals surface area contributed by atoms with Crippen molar-refractivity contribution in [2.45, 2.75) is 13.5 Å². The van der Waals surface area contributed by atoms with Crippen molar-refractivity contribution in [3.63, 3.8) is 0 Å². The Balaban J connectivity index is 1.54. The van der Waals surface area contributed by atoms with Crippen molar-refractivity contribution in [1.29, 1.82) is 0 Å². The zero-order valence-electron chi connectivity index (χ0n) is 16.6. The molecule has 0 N–H and O–H groups in total. The number of fused-ring (bicyclic) bond motifs is 1. The van der Waals surface area contributed by atoms with Crippen LogP contribution in [-0.2, 0) is 6.54 Å². The fraction of sp³-hybridized carbons (Fsp3) is 0.0769. The molecule has 3 aromatic carbocycles. The van der Waals surface area contributed by atoms with Crippen LogP contribution >= 0.6 is 11.3 Å². The molecule has 146 valence electrons. The number of hydrogen-bond acceptors (Lipinski definition) is 3. The Bertz CT molecular complexity index is 1380. The van der Waals surface area contributed by atoms with Gasteiger partial charge in [-0.15, -0.1) is 11.3 Å². The van der Waals surface area contributed by atoms with E-state index in [1.807, 2.05) is 35.7 Å². The molecule has 0 aliphatic heterocycles. The average Bonchev–Trinajstić information content (AvgIpc) is 3.21. The fourth-order valence-corrected chi connectivity index (χ4v) is 4.68. The van der Waals surface area contributed by atoms with Crippen LogP contribution in [0.4, 0.5) is 0 Å². The molecule has 5 aromatic rings. The highest BCUT2D eigenvalue weighted by Gasteiger charge is 2.14.